The van der Waals surface area contributed by atoms with Gasteiger partial charge in [0, 0.05) is 50.5 Å². The van der Waals surface area contributed by atoms with Crippen LogP contribution < -0.4 is 5.73 Å². The number of nitrogens with zero attached hydrogens (tertiary/aromatic N) is 3. The third kappa shape index (κ3) is 3.25. The van der Waals surface area contributed by atoms with Gasteiger partial charge in [-0.05, 0) is 11.6 Å². The minimum absolute atomic E-state index is 0.0838. The minimum atomic E-state index is -4.33. The Morgan fingerprint density at radius 1 is 1.26 bits per heavy atom. The first-order chi connectivity index (χ1) is 10.9. The summed E-state index contributed by atoms with van der Waals surface area (Å²) in [5.41, 5.74) is 6.94. The summed E-state index contributed by atoms with van der Waals surface area (Å²) in [6, 6.07) is 5.61. The topological polar surface area (TPSA) is 47.1 Å². The van der Waals surface area contributed by atoms with Gasteiger partial charge in [0.1, 0.15) is 0 Å². The number of rotatable bonds is 3. The van der Waals surface area contributed by atoms with Gasteiger partial charge in [-0.1, -0.05) is 18.2 Å². The third-order valence-corrected chi connectivity index (χ3v) is 4.39. The highest BCUT2D eigenvalue weighted by atomic mass is 19.4. The molecule has 1 aromatic heterocycles. The molecule has 3 rings (SSSR count). The number of aromatic nitrogens is 2. The number of hydrogen-bond acceptors (Lipinski definition) is 3. The number of hydrogen-bond donors (Lipinski definition) is 1. The second-order valence-electron chi connectivity index (χ2n) is 6.05. The molecule has 2 N–H and O–H groups in total. The molecule has 2 heterocycles. The molecule has 4 nitrogen and oxygen atoms in total. The Bertz CT molecular complexity index is 680. The highest BCUT2D eigenvalue weighted by Gasteiger charge is 2.36. The number of imidazole rings is 1. The van der Waals surface area contributed by atoms with Gasteiger partial charge < -0.3 is 10.3 Å². The van der Waals surface area contributed by atoms with Crippen LogP contribution in [-0.4, -0.2) is 33.6 Å². The maximum atomic E-state index is 13.1. The van der Waals surface area contributed by atoms with Crippen molar-refractivity contribution in [1.29, 1.82) is 0 Å². The van der Waals surface area contributed by atoms with Crippen molar-refractivity contribution in [2.24, 2.45) is 12.8 Å². The number of likely N-dealkylation sites (tertiary alicyclic amines) is 1. The predicted octanol–water partition coefficient (Wildman–Crippen LogP) is 2.37. The van der Waals surface area contributed by atoms with Crippen LogP contribution in [-0.2, 0) is 19.8 Å². The Kier molecular flexibility index (Phi) is 4.16. The van der Waals surface area contributed by atoms with Gasteiger partial charge in [0.05, 0.1) is 11.9 Å². The van der Waals surface area contributed by atoms with E-state index in [1.54, 1.807) is 18.6 Å². The summed E-state index contributed by atoms with van der Waals surface area (Å²) in [7, 11) is 1.90. The number of nitrogens with two attached hydrogens (primary N) is 1. The fraction of sp³-hybridized carbons (Fsp3) is 0.438. The van der Waals surface area contributed by atoms with E-state index >= 15 is 0 Å². The third-order valence-electron chi connectivity index (χ3n) is 4.39. The van der Waals surface area contributed by atoms with E-state index in [2.05, 4.69) is 4.98 Å². The zero-order chi connectivity index (χ0) is 16.6. The summed E-state index contributed by atoms with van der Waals surface area (Å²) >= 11 is 0. The van der Waals surface area contributed by atoms with E-state index in [0.717, 1.165) is 11.8 Å². The molecule has 1 fully saturated rings. The van der Waals surface area contributed by atoms with Crippen LogP contribution in [0.15, 0.2) is 36.8 Å². The van der Waals surface area contributed by atoms with Gasteiger partial charge in [-0.2, -0.15) is 13.2 Å². The van der Waals surface area contributed by atoms with Crippen LogP contribution in [0.25, 0.3) is 0 Å². The van der Waals surface area contributed by atoms with E-state index in [1.165, 1.54) is 12.1 Å². The molecule has 0 aliphatic carbocycles. The van der Waals surface area contributed by atoms with Crippen molar-refractivity contribution in [3.63, 3.8) is 0 Å². The van der Waals surface area contributed by atoms with Crippen molar-refractivity contribution in [2.45, 2.75) is 24.7 Å². The molecule has 1 aliphatic heterocycles. The van der Waals surface area contributed by atoms with Gasteiger partial charge in [-0.15, -0.1) is 0 Å². The van der Waals surface area contributed by atoms with Crippen LogP contribution in [0.4, 0.5) is 13.2 Å². The zero-order valence-corrected chi connectivity index (χ0v) is 12.8. The lowest BCUT2D eigenvalue weighted by Gasteiger charge is -2.19. The number of aryl methyl sites for hydroxylation is 1. The predicted molar refractivity (Wildman–Crippen MR) is 80.6 cm³/mol. The van der Waals surface area contributed by atoms with E-state index in [9.17, 15) is 13.2 Å². The Morgan fingerprint density at radius 3 is 2.65 bits per heavy atom. The van der Waals surface area contributed by atoms with Gasteiger partial charge >= 0.3 is 6.18 Å². The summed E-state index contributed by atoms with van der Waals surface area (Å²) in [6.45, 7) is 1.45. The molecule has 7 heteroatoms. The van der Waals surface area contributed by atoms with Crippen LogP contribution in [0.1, 0.15) is 22.7 Å². The standard InChI is InChI=1S/C16H19F3N4/c1-22-10-21-6-15(22)12-8-23(9-14(12)20)7-11-4-2-3-5-13(11)16(17,18)19/h2-6,10,12,14H,7-9,20H2,1H3/t12-,14-/m1/s1. The minimum Gasteiger partial charge on any atom is -0.337 e. The summed E-state index contributed by atoms with van der Waals surface area (Å²) in [6.07, 6.45) is -0.846. The lowest BCUT2D eigenvalue weighted by atomic mass is 10.0. The Labute approximate surface area is 132 Å². The maximum absolute atomic E-state index is 13.1. The van der Waals surface area contributed by atoms with E-state index in [0.29, 0.717) is 13.1 Å². The van der Waals surface area contributed by atoms with Gasteiger partial charge in [-0.3, -0.25) is 4.90 Å². The Hall–Kier alpha value is -1.86. The molecule has 0 amide bonds. The first kappa shape index (κ1) is 16.0. The highest BCUT2D eigenvalue weighted by Crippen LogP contribution is 2.34. The Morgan fingerprint density at radius 2 is 2.00 bits per heavy atom. The SMILES string of the molecule is Cn1cncc1[C@@H]1CN(Cc2ccccc2C(F)(F)F)C[C@H]1N. The molecule has 0 radical (unpaired) electrons. The average molecular weight is 324 g/mol. The lowest BCUT2D eigenvalue weighted by Crippen LogP contribution is -2.29. The summed E-state index contributed by atoms with van der Waals surface area (Å²) in [4.78, 5) is 6.08. The summed E-state index contributed by atoms with van der Waals surface area (Å²) in [5, 5.41) is 0. The van der Waals surface area contributed by atoms with E-state index in [1.807, 2.05) is 16.5 Å². The van der Waals surface area contributed by atoms with Crippen molar-refractivity contribution < 1.29 is 13.2 Å². The quantitative estimate of drug-likeness (QED) is 0.943. The van der Waals surface area contributed by atoms with Crippen LogP contribution in [0, 0.1) is 0 Å². The van der Waals surface area contributed by atoms with Crippen LogP contribution in [0.3, 0.4) is 0 Å². The van der Waals surface area contributed by atoms with E-state index in [-0.39, 0.29) is 24.1 Å². The van der Waals surface area contributed by atoms with Crippen LogP contribution in [0.5, 0.6) is 0 Å². The molecule has 124 valence electrons. The summed E-state index contributed by atoms with van der Waals surface area (Å²) in [5.74, 6) is 0.0838. The van der Waals surface area contributed by atoms with Crippen molar-refractivity contribution in [2.75, 3.05) is 13.1 Å². The van der Waals surface area contributed by atoms with Crippen LogP contribution >= 0.6 is 0 Å². The van der Waals surface area contributed by atoms with Gasteiger partial charge in [-0.25, -0.2) is 4.98 Å². The van der Waals surface area contributed by atoms with Gasteiger partial charge in [0.25, 0.3) is 0 Å². The molecule has 1 aromatic carbocycles. The zero-order valence-electron chi connectivity index (χ0n) is 12.8. The second-order valence-corrected chi connectivity index (χ2v) is 6.05. The molecule has 2 atom stereocenters. The monoisotopic (exact) mass is 324 g/mol. The van der Waals surface area contributed by atoms with Gasteiger partial charge in [0.15, 0.2) is 0 Å². The number of alkyl halides is 3. The molecule has 0 unspecified atom stereocenters. The normalized spacial score (nSPS) is 22.7. The number of halogens is 3. The highest BCUT2D eigenvalue weighted by molar-refractivity contribution is 5.30. The van der Waals surface area contributed by atoms with Crippen molar-refractivity contribution in [3.8, 4) is 0 Å². The summed E-state index contributed by atoms with van der Waals surface area (Å²) < 4.78 is 41.2. The van der Waals surface area contributed by atoms with Crippen molar-refractivity contribution >= 4 is 0 Å². The van der Waals surface area contributed by atoms with Crippen LogP contribution in [0.2, 0.25) is 0 Å². The first-order valence-corrected chi connectivity index (χ1v) is 7.45. The molecule has 0 saturated carbocycles. The molecule has 1 aliphatic rings. The molecule has 1 saturated heterocycles. The van der Waals surface area contributed by atoms with E-state index in [4.69, 9.17) is 5.73 Å². The molecule has 23 heavy (non-hydrogen) atoms. The molecule has 2 aromatic rings. The Balaban J connectivity index is 1.77. The molecule has 0 spiro atoms. The average Bonchev–Trinajstić information content (AvgIpc) is 3.04. The maximum Gasteiger partial charge on any atom is 0.416 e. The van der Waals surface area contributed by atoms with Gasteiger partial charge in [0.2, 0.25) is 0 Å². The smallest absolute Gasteiger partial charge is 0.337 e. The number of benzene rings is 1. The first-order valence-electron chi connectivity index (χ1n) is 7.45. The van der Waals surface area contributed by atoms with E-state index < -0.39 is 11.7 Å². The lowest BCUT2D eigenvalue weighted by molar-refractivity contribution is -0.138. The molecule has 0 bridgehead atoms. The molecular weight excluding hydrogens is 305 g/mol. The second kappa shape index (κ2) is 5.98. The fourth-order valence-electron chi connectivity index (χ4n) is 3.26. The van der Waals surface area contributed by atoms with Crippen molar-refractivity contribution in [3.05, 3.63) is 53.6 Å². The van der Waals surface area contributed by atoms with Crippen molar-refractivity contribution in [1.82, 2.24) is 14.5 Å². The fourth-order valence-corrected chi connectivity index (χ4v) is 3.26. The molecular formula is C16H19F3N4. The largest absolute Gasteiger partial charge is 0.416 e.